The van der Waals surface area contributed by atoms with E-state index in [2.05, 4.69) is 31.8 Å². The number of anilines is 1. The summed E-state index contributed by atoms with van der Waals surface area (Å²) >= 11 is 3.44. The van der Waals surface area contributed by atoms with E-state index in [-0.39, 0.29) is 0 Å². The lowest BCUT2D eigenvalue weighted by molar-refractivity contribution is 0.112. The number of aldehydes is 1. The van der Waals surface area contributed by atoms with Crippen LogP contribution in [0.1, 0.15) is 29.6 Å². The molecule has 0 saturated carbocycles. The van der Waals surface area contributed by atoms with E-state index in [9.17, 15) is 4.79 Å². The van der Waals surface area contributed by atoms with Crippen LogP contribution < -0.4 is 4.90 Å². The molecule has 4 heteroatoms. The van der Waals surface area contributed by atoms with E-state index >= 15 is 0 Å². The predicted molar refractivity (Wildman–Crippen MR) is 81.0 cm³/mol. The molecule has 0 radical (unpaired) electrons. The highest BCUT2D eigenvalue weighted by atomic mass is 79.9. The zero-order valence-electron chi connectivity index (χ0n) is 11.0. The summed E-state index contributed by atoms with van der Waals surface area (Å²) in [6.45, 7) is 4.56. The summed E-state index contributed by atoms with van der Waals surface area (Å²) in [6, 6.07) is 6.68. The molecule has 0 bridgehead atoms. The number of halogens is 1. The summed E-state index contributed by atoms with van der Waals surface area (Å²) in [6.07, 6.45) is 4.77. The summed E-state index contributed by atoms with van der Waals surface area (Å²) in [5, 5.41) is 0. The fourth-order valence-corrected chi connectivity index (χ4v) is 3.71. The molecule has 1 atom stereocenters. The van der Waals surface area contributed by atoms with Gasteiger partial charge in [-0.15, -0.1) is 0 Å². The number of hydrogen-bond acceptors (Lipinski definition) is 3. The molecule has 2 fully saturated rings. The third-order valence-corrected chi connectivity index (χ3v) is 4.75. The standard InChI is InChI=1S/C15H19BrN2O/c16-13-4-5-15(12(9-13)11-19)18-8-2-7-17-6-1-3-14(17)10-18/h4-5,9,11,14H,1-3,6-8,10H2. The van der Waals surface area contributed by atoms with E-state index in [4.69, 9.17) is 0 Å². The number of carbonyl (C=O) groups excluding carboxylic acids is 1. The van der Waals surface area contributed by atoms with Crippen LogP contribution >= 0.6 is 15.9 Å². The van der Waals surface area contributed by atoms with Gasteiger partial charge in [0.1, 0.15) is 0 Å². The van der Waals surface area contributed by atoms with Crippen molar-refractivity contribution >= 4 is 27.9 Å². The number of carbonyl (C=O) groups is 1. The summed E-state index contributed by atoms with van der Waals surface area (Å²) < 4.78 is 0.968. The SMILES string of the molecule is O=Cc1cc(Br)ccc1N1CCCN2CCCC2C1. The van der Waals surface area contributed by atoms with Gasteiger partial charge in [0.25, 0.3) is 0 Å². The lowest BCUT2D eigenvalue weighted by atomic mass is 10.1. The van der Waals surface area contributed by atoms with E-state index in [0.29, 0.717) is 6.04 Å². The second-order valence-corrected chi connectivity index (χ2v) is 6.37. The van der Waals surface area contributed by atoms with Crippen LogP contribution in [0.15, 0.2) is 22.7 Å². The first-order valence-corrected chi connectivity index (χ1v) is 7.81. The number of nitrogens with zero attached hydrogens (tertiary/aromatic N) is 2. The molecule has 0 N–H and O–H groups in total. The molecule has 0 amide bonds. The third-order valence-electron chi connectivity index (χ3n) is 4.26. The van der Waals surface area contributed by atoms with Gasteiger partial charge in [-0.05, 0) is 44.0 Å². The summed E-state index contributed by atoms with van der Waals surface area (Å²) in [4.78, 5) is 16.3. The molecule has 2 saturated heterocycles. The molecular formula is C15H19BrN2O. The molecule has 2 aliphatic rings. The number of rotatable bonds is 2. The molecule has 19 heavy (non-hydrogen) atoms. The monoisotopic (exact) mass is 322 g/mol. The predicted octanol–water partition coefficient (Wildman–Crippen LogP) is 2.94. The van der Waals surface area contributed by atoms with Gasteiger partial charge >= 0.3 is 0 Å². The van der Waals surface area contributed by atoms with Crippen molar-refractivity contribution < 1.29 is 4.79 Å². The highest BCUT2D eigenvalue weighted by Gasteiger charge is 2.29. The van der Waals surface area contributed by atoms with Crippen molar-refractivity contribution in [3.8, 4) is 0 Å². The third kappa shape index (κ3) is 2.70. The molecule has 3 rings (SSSR count). The lowest BCUT2D eigenvalue weighted by Gasteiger charge is -2.28. The Morgan fingerprint density at radius 3 is 2.89 bits per heavy atom. The maximum absolute atomic E-state index is 11.3. The fourth-order valence-electron chi connectivity index (χ4n) is 3.33. The van der Waals surface area contributed by atoms with E-state index in [1.54, 1.807) is 0 Å². The molecule has 0 spiro atoms. The Morgan fingerprint density at radius 1 is 1.21 bits per heavy atom. The molecule has 2 heterocycles. The van der Waals surface area contributed by atoms with Crippen molar-refractivity contribution in [2.75, 3.05) is 31.1 Å². The molecule has 102 valence electrons. The van der Waals surface area contributed by atoms with Gasteiger partial charge in [-0.25, -0.2) is 0 Å². The van der Waals surface area contributed by atoms with Crippen LogP contribution in [0.5, 0.6) is 0 Å². The normalized spacial score (nSPS) is 24.1. The first-order valence-electron chi connectivity index (χ1n) is 7.01. The zero-order chi connectivity index (χ0) is 13.2. The van der Waals surface area contributed by atoms with Crippen LogP contribution in [0.2, 0.25) is 0 Å². The minimum Gasteiger partial charge on any atom is -0.369 e. The molecule has 0 aliphatic carbocycles. The van der Waals surface area contributed by atoms with E-state index < -0.39 is 0 Å². The van der Waals surface area contributed by atoms with Crippen LogP contribution in [-0.4, -0.2) is 43.4 Å². The molecular weight excluding hydrogens is 304 g/mol. The van der Waals surface area contributed by atoms with Gasteiger partial charge in [-0.3, -0.25) is 9.69 Å². The molecule has 1 unspecified atom stereocenters. The van der Waals surface area contributed by atoms with Gasteiger partial charge in [0.2, 0.25) is 0 Å². The van der Waals surface area contributed by atoms with Crippen molar-refractivity contribution in [1.29, 1.82) is 0 Å². The van der Waals surface area contributed by atoms with Crippen molar-refractivity contribution in [1.82, 2.24) is 4.90 Å². The van der Waals surface area contributed by atoms with E-state index in [0.717, 1.165) is 35.1 Å². The molecule has 1 aromatic carbocycles. The van der Waals surface area contributed by atoms with Crippen LogP contribution in [0, 0.1) is 0 Å². The summed E-state index contributed by atoms with van der Waals surface area (Å²) in [5.41, 5.74) is 1.88. The average Bonchev–Trinajstić information content (AvgIpc) is 2.76. The average molecular weight is 323 g/mol. The Labute approximate surface area is 122 Å². The van der Waals surface area contributed by atoms with Gasteiger partial charge < -0.3 is 4.90 Å². The quantitative estimate of drug-likeness (QED) is 0.782. The fraction of sp³-hybridized carbons (Fsp3) is 0.533. The molecule has 3 nitrogen and oxygen atoms in total. The van der Waals surface area contributed by atoms with Crippen LogP contribution in [0.4, 0.5) is 5.69 Å². The van der Waals surface area contributed by atoms with Gasteiger partial charge in [-0.2, -0.15) is 0 Å². The second kappa shape index (κ2) is 5.63. The number of fused-ring (bicyclic) bond motifs is 1. The van der Waals surface area contributed by atoms with Crippen molar-refractivity contribution in [3.05, 3.63) is 28.2 Å². The topological polar surface area (TPSA) is 23.6 Å². The van der Waals surface area contributed by atoms with Gasteiger partial charge in [-0.1, -0.05) is 15.9 Å². The Kier molecular flexibility index (Phi) is 3.89. The maximum Gasteiger partial charge on any atom is 0.152 e. The molecule has 2 aliphatic heterocycles. The van der Waals surface area contributed by atoms with Gasteiger partial charge in [0.15, 0.2) is 6.29 Å². The Bertz CT molecular complexity index is 477. The first kappa shape index (κ1) is 13.1. The lowest BCUT2D eigenvalue weighted by Crippen LogP contribution is -2.36. The van der Waals surface area contributed by atoms with Gasteiger partial charge in [0.05, 0.1) is 0 Å². The highest BCUT2D eigenvalue weighted by molar-refractivity contribution is 9.10. The first-order chi connectivity index (χ1) is 9.28. The highest BCUT2D eigenvalue weighted by Crippen LogP contribution is 2.28. The Balaban J connectivity index is 1.86. The van der Waals surface area contributed by atoms with E-state index in [1.165, 1.54) is 32.4 Å². The van der Waals surface area contributed by atoms with Crippen LogP contribution in [0.25, 0.3) is 0 Å². The largest absolute Gasteiger partial charge is 0.369 e. The smallest absolute Gasteiger partial charge is 0.152 e. The van der Waals surface area contributed by atoms with E-state index in [1.807, 2.05) is 12.1 Å². The minimum absolute atomic E-state index is 0.672. The minimum atomic E-state index is 0.672. The Hall–Kier alpha value is -0.870. The summed E-state index contributed by atoms with van der Waals surface area (Å²) in [5.74, 6) is 0. The molecule has 1 aromatic rings. The van der Waals surface area contributed by atoms with Crippen molar-refractivity contribution in [3.63, 3.8) is 0 Å². The molecule has 0 aromatic heterocycles. The zero-order valence-corrected chi connectivity index (χ0v) is 12.6. The second-order valence-electron chi connectivity index (χ2n) is 5.45. The van der Waals surface area contributed by atoms with Gasteiger partial charge in [0, 0.05) is 41.4 Å². The van der Waals surface area contributed by atoms with Crippen molar-refractivity contribution in [2.24, 2.45) is 0 Å². The van der Waals surface area contributed by atoms with Crippen LogP contribution in [-0.2, 0) is 0 Å². The number of benzene rings is 1. The number of hydrogen-bond donors (Lipinski definition) is 0. The summed E-state index contributed by atoms with van der Waals surface area (Å²) in [7, 11) is 0. The van der Waals surface area contributed by atoms with Crippen molar-refractivity contribution in [2.45, 2.75) is 25.3 Å². The Morgan fingerprint density at radius 2 is 2.05 bits per heavy atom. The van der Waals surface area contributed by atoms with Crippen LogP contribution in [0.3, 0.4) is 0 Å². The maximum atomic E-state index is 11.3.